The van der Waals surface area contributed by atoms with Crippen molar-refractivity contribution in [2.75, 3.05) is 37.4 Å². The number of nitrogens with one attached hydrogen (secondary N) is 2. The number of ether oxygens (including phenoxy) is 1. The second-order valence-electron chi connectivity index (χ2n) is 9.67. The third-order valence-corrected chi connectivity index (χ3v) is 6.41. The van der Waals surface area contributed by atoms with E-state index >= 15 is 0 Å². The van der Waals surface area contributed by atoms with Gasteiger partial charge in [-0.15, -0.1) is 0 Å². The highest BCUT2D eigenvalue weighted by Gasteiger charge is 2.34. The van der Waals surface area contributed by atoms with Crippen LogP contribution in [0, 0.1) is 5.92 Å². The second-order valence-corrected chi connectivity index (χ2v) is 9.67. The van der Waals surface area contributed by atoms with Gasteiger partial charge in [0.1, 0.15) is 11.9 Å². The quantitative estimate of drug-likeness (QED) is 0.453. The molecule has 1 heterocycles. The number of halogens is 3. The van der Waals surface area contributed by atoms with Crippen molar-refractivity contribution in [2.24, 2.45) is 5.92 Å². The molecule has 9 nitrogen and oxygen atoms in total. The van der Waals surface area contributed by atoms with Crippen molar-refractivity contribution in [2.45, 2.75) is 45.0 Å². The van der Waals surface area contributed by atoms with E-state index in [0.717, 1.165) is 0 Å². The molecule has 3 rings (SSSR count). The van der Waals surface area contributed by atoms with Gasteiger partial charge in [-0.2, -0.15) is 13.2 Å². The molecular formula is C27H33F3N4O5. The van der Waals surface area contributed by atoms with Gasteiger partial charge in [0.05, 0.1) is 31.2 Å². The molecule has 212 valence electrons. The van der Waals surface area contributed by atoms with E-state index in [2.05, 4.69) is 10.6 Å². The molecule has 12 heteroatoms. The van der Waals surface area contributed by atoms with Gasteiger partial charge < -0.3 is 30.3 Å². The SMILES string of the molecule is C[C@@H]1CN([C@@H](C)CO)C(=O)c2cc(NC(=O)CCC(F)(F)F)ccc2O[C@H]1CN(C)C(=O)Nc1ccccc1. The minimum absolute atomic E-state index is 0.0808. The van der Waals surface area contributed by atoms with Gasteiger partial charge in [0.15, 0.2) is 0 Å². The van der Waals surface area contributed by atoms with E-state index in [9.17, 15) is 32.7 Å². The molecule has 0 saturated carbocycles. The van der Waals surface area contributed by atoms with Crippen molar-refractivity contribution in [3.8, 4) is 5.75 Å². The van der Waals surface area contributed by atoms with Gasteiger partial charge in [-0.25, -0.2) is 4.79 Å². The molecule has 3 atom stereocenters. The molecule has 2 aromatic rings. The number of likely N-dealkylation sites (N-methyl/N-ethyl adjacent to an activating group) is 1. The third kappa shape index (κ3) is 8.34. The van der Waals surface area contributed by atoms with E-state index in [4.69, 9.17) is 4.74 Å². The second kappa shape index (κ2) is 12.8. The number of alkyl halides is 3. The summed E-state index contributed by atoms with van der Waals surface area (Å²) in [6, 6.07) is 12.3. The molecular weight excluding hydrogens is 517 g/mol. The van der Waals surface area contributed by atoms with E-state index in [-0.39, 0.29) is 48.6 Å². The molecule has 0 aromatic heterocycles. The van der Waals surface area contributed by atoms with Gasteiger partial charge in [0.25, 0.3) is 5.91 Å². The first-order valence-electron chi connectivity index (χ1n) is 12.5. The molecule has 0 radical (unpaired) electrons. The molecule has 2 aromatic carbocycles. The molecule has 0 aliphatic carbocycles. The molecule has 0 unspecified atom stereocenters. The maximum Gasteiger partial charge on any atom is 0.389 e. The Bertz CT molecular complexity index is 1160. The van der Waals surface area contributed by atoms with E-state index in [1.54, 1.807) is 38.2 Å². The minimum Gasteiger partial charge on any atom is -0.487 e. The Hall–Kier alpha value is -3.80. The molecule has 1 aliphatic heterocycles. The van der Waals surface area contributed by atoms with Crippen LogP contribution in [-0.2, 0) is 4.79 Å². The van der Waals surface area contributed by atoms with Gasteiger partial charge in [0.2, 0.25) is 5.91 Å². The van der Waals surface area contributed by atoms with Crippen molar-refractivity contribution >= 4 is 29.2 Å². The number of carbonyl (C=O) groups excluding carboxylic acids is 3. The Balaban J connectivity index is 1.83. The third-order valence-electron chi connectivity index (χ3n) is 6.41. The lowest BCUT2D eigenvalue weighted by atomic mass is 9.99. The summed E-state index contributed by atoms with van der Waals surface area (Å²) in [6.45, 7) is 3.64. The van der Waals surface area contributed by atoms with Crippen LogP contribution in [0.5, 0.6) is 5.75 Å². The van der Waals surface area contributed by atoms with Crippen LogP contribution >= 0.6 is 0 Å². The Kier molecular flexibility index (Phi) is 9.79. The zero-order chi connectivity index (χ0) is 28.7. The number of hydrogen-bond donors (Lipinski definition) is 3. The number of fused-ring (bicyclic) bond motifs is 1. The highest BCUT2D eigenvalue weighted by Crippen LogP contribution is 2.31. The lowest BCUT2D eigenvalue weighted by Gasteiger charge is -2.38. The van der Waals surface area contributed by atoms with Gasteiger partial charge in [-0.1, -0.05) is 25.1 Å². The first-order valence-corrected chi connectivity index (χ1v) is 12.5. The maximum atomic E-state index is 13.5. The van der Waals surface area contributed by atoms with Crippen LogP contribution in [-0.4, -0.2) is 77.8 Å². The van der Waals surface area contributed by atoms with Crippen molar-refractivity contribution < 1.29 is 37.4 Å². The number of amides is 4. The van der Waals surface area contributed by atoms with Gasteiger partial charge in [-0.3, -0.25) is 9.59 Å². The monoisotopic (exact) mass is 550 g/mol. The largest absolute Gasteiger partial charge is 0.487 e. The molecule has 1 aliphatic rings. The number of aliphatic hydroxyl groups excluding tert-OH is 1. The Morgan fingerprint density at radius 2 is 1.85 bits per heavy atom. The summed E-state index contributed by atoms with van der Waals surface area (Å²) in [7, 11) is 1.62. The van der Waals surface area contributed by atoms with Gasteiger partial charge in [-0.05, 0) is 37.3 Å². The number of hydrogen-bond acceptors (Lipinski definition) is 5. The highest BCUT2D eigenvalue weighted by molar-refractivity contribution is 6.00. The van der Waals surface area contributed by atoms with Crippen molar-refractivity contribution in [3.05, 3.63) is 54.1 Å². The standard InChI is InChI=1S/C27H33F3N4O5/c1-17-14-34(18(2)16-35)25(37)21-13-20(31-24(36)11-12-27(28,29)30)9-10-22(21)39-23(17)15-33(3)26(38)32-19-7-5-4-6-8-19/h4-10,13,17-18,23,35H,11-12,14-16H2,1-3H3,(H,31,36)(H,32,38)/t17-,18+,23+/m1/s1. The summed E-state index contributed by atoms with van der Waals surface area (Å²) in [6.07, 6.45) is -7.04. The lowest BCUT2D eigenvalue weighted by Crippen LogP contribution is -2.50. The average molecular weight is 551 g/mol. The summed E-state index contributed by atoms with van der Waals surface area (Å²) in [5, 5.41) is 15.0. The number of nitrogens with zero attached hydrogens (tertiary/aromatic N) is 2. The Labute approximate surface area is 224 Å². The molecule has 0 bridgehead atoms. The summed E-state index contributed by atoms with van der Waals surface area (Å²) < 4.78 is 43.7. The summed E-state index contributed by atoms with van der Waals surface area (Å²) in [5.74, 6) is -1.36. The maximum absolute atomic E-state index is 13.5. The van der Waals surface area contributed by atoms with Crippen LogP contribution in [0.15, 0.2) is 48.5 Å². The summed E-state index contributed by atoms with van der Waals surface area (Å²) in [4.78, 5) is 41.2. The molecule has 0 saturated heterocycles. The molecule has 3 N–H and O–H groups in total. The van der Waals surface area contributed by atoms with Crippen molar-refractivity contribution in [1.82, 2.24) is 9.80 Å². The van der Waals surface area contributed by atoms with E-state index in [1.165, 1.54) is 28.0 Å². The van der Waals surface area contributed by atoms with Crippen LogP contribution < -0.4 is 15.4 Å². The number of anilines is 2. The van der Waals surface area contributed by atoms with E-state index in [1.807, 2.05) is 13.0 Å². The fraction of sp³-hybridized carbons (Fsp3) is 0.444. The Morgan fingerprint density at radius 1 is 1.15 bits per heavy atom. The molecule has 4 amide bonds. The van der Waals surface area contributed by atoms with Crippen LogP contribution in [0.4, 0.5) is 29.3 Å². The van der Waals surface area contributed by atoms with Crippen LogP contribution in [0.1, 0.15) is 37.0 Å². The van der Waals surface area contributed by atoms with Crippen LogP contribution in [0.3, 0.4) is 0 Å². The molecule has 0 fully saturated rings. The summed E-state index contributed by atoms with van der Waals surface area (Å²) in [5.41, 5.74) is 0.848. The predicted molar refractivity (Wildman–Crippen MR) is 140 cm³/mol. The van der Waals surface area contributed by atoms with E-state index in [0.29, 0.717) is 5.69 Å². The number of carbonyl (C=O) groups is 3. The number of rotatable bonds is 8. The smallest absolute Gasteiger partial charge is 0.389 e. The topological polar surface area (TPSA) is 111 Å². The lowest BCUT2D eigenvalue weighted by molar-refractivity contribution is -0.142. The number of aliphatic hydroxyl groups is 1. The first-order chi connectivity index (χ1) is 18.4. The van der Waals surface area contributed by atoms with E-state index < -0.39 is 43.0 Å². The number of urea groups is 1. The first kappa shape index (κ1) is 29.8. The Morgan fingerprint density at radius 3 is 2.49 bits per heavy atom. The minimum atomic E-state index is -4.47. The number of para-hydroxylation sites is 1. The van der Waals surface area contributed by atoms with Crippen molar-refractivity contribution in [1.29, 1.82) is 0 Å². The highest BCUT2D eigenvalue weighted by atomic mass is 19.4. The number of benzene rings is 2. The predicted octanol–water partition coefficient (Wildman–Crippen LogP) is 4.35. The van der Waals surface area contributed by atoms with Gasteiger partial charge in [0, 0.05) is 37.3 Å². The normalized spacial score (nSPS) is 18.2. The van der Waals surface area contributed by atoms with Crippen LogP contribution in [0.25, 0.3) is 0 Å². The fourth-order valence-electron chi connectivity index (χ4n) is 4.09. The summed E-state index contributed by atoms with van der Waals surface area (Å²) >= 11 is 0. The van der Waals surface area contributed by atoms with Gasteiger partial charge >= 0.3 is 12.2 Å². The average Bonchev–Trinajstić information content (AvgIpc) is 2.89. The van der Waals surface area contributed by atoms with Crippen LogP contribution in [0.2, 0.25) is 0 Å². The molecule has 39 heavy (non-hydrogen) atoms. The van der Waals surface area contributed by atoms with Crippen molar-refractivity contribution in [3.63, 3.8) is 0 Å². The fourth-order valence-corrected chi connectivity index (χ4v) is 4.09. The molecule has 0 spiro atoms. The zero-order valence-electron chi connectivity index (χ0n) is 22.0. The zero-order valence-corrected chi connectivity index (χ0v) is 22.0.